The zero-order valence-corrected chi connectivity index (χ0v) is 10.1. The van der Waals surface area contributed by atoms with Gasteiger partial charge in [0, 0.05) is 11.8 Å². The molecule has 16 heavy (non-hydrogen) atoms. The average Bonchev–Trinajstić information content (AvgIpc) is 2.66. The molecule has 0 aliphatic heterocycles. The van der Waals surface area contributed by atoms with Crippen molar-refractivity contribution in [2.24, 2.45) is 0 Å². The first-order chi connectivity index (χ1) is 7.86. The Morgan fingerprint density at radius 2 is 1.69 bits per heavy atom. The first kappa shape index (κ1) is 9.60. The first-order valence-corrected chi connectivity index (χ1v) is 5.83. The predicted molar refractivity (Wildman–Crippen MR) is 68.3 cm³/mol. The largest absolute Gasteiger partial charge is 0.298 e. The number of halogens is 1. The summed E-state index contributed by atoms with van der Waals surface area (Å²) in [5.41, 5.74) is 3.21. The van der Waals surface area contributed by atoms with E-state index in [9.17, 15) is 0 Å². The van der Waals surface area contributed by atoms with Gasteiger partial charge in [0.1, 0.15) is 10.3 Å². The Hall–Kier alpha value is -1.61. The Bertz CT molecular complexity index is 629. The van der Waals surface area contributed by atoms with Crippen LogP contribution in [-0.2, 0) is 0 Å². The second kappa shape index (κ2) is 3.76. The molecule has 3 rings (SSSR count). The fraction of sp³-hybridized carbons (Fsp3) is 0. The lowest BCUT2D eigenvalue weighted by atomic mass is 10.2. The lowest BCUT2D eigenvalue weighted by Gasteiger charge is -2.01. The van der Waals surface area contributed by atoms with Crippen LogP contribution in [0.5, 0.6) is 0 Å². The van der Waals surface area contributed by atoms with E-state index in [-0.39, 0.29) is 0 Å². The van der Waals surface area contributed by atoms with Crippen molar-refractivity contribution in [3.05, 3.63) is 59.3 Å². The number of benzene rings is 1. The van der Waals surface area contributed by atoms with E-state index in [1.165, 1.54) is 0 Å². The zero-order valence-electron chi connectivity index (χ0n) is 8.47. The van der Waals surface area contributed by atoms with Crippen molar-refractivity contribution < 1.29 is 0 Å². The van der Waals surface area contributed by atoms with E-state index < -0.39 is 0 Å². The summed E-state index contributed by atoms with van der Waals surface area (Å²) >= 11 is 3.51. The Morgan fingerprint density at radius 1 is 0.938 bits per heavy atom. The summed E-state index contributed by atoms with van der Waals surface area (Å²) in [6.45, 7) is 0. The molecule has 78 valence electrons. The van der Waals surface area contributed by atoms with Gasteiger partial charge in [-0.05, 0) is 28.1 Å². The van der Waals surface area contributed by atoms with Gasteiger partial charge in [0.05, 0.1) is 5.69 Å². The number of imidazole rings is 1. The highest BCUT2D eigenvalue weighted by molar-refractivity contribution is 9.10. The van der Waals surface area contributed by atoms with Gasteiger partial charge in [-0.15, -0.1) is 0 Å². The van der Waals surface area contributed by atoms with Crippen LogP contribution >= 0.6 is 15.9 Å². The topological polar surface area (TPSA) is 17.3 Å². The normalized spacial score (nSPS) is 10.8. The van der Waals surface area contributed by atoms with Crippen LogP contribution in [0, 0.1) is 0 Å². The second-order valence-corrected chi connectivity index (χ2v) is 4.30. The molecular weight excluding hydrogens is 264 g/mol. The number of rotatable bonds is 1. The lowest BCUT2D eigenvalue weighted by molar-refractivity contribution is 1.19. The minimum atomic E-state index is 0.880. The quantitative estimate of drug-likeness (QED) is 0.659. The number of nitrogens with zero attached hydrogens (tertiary/aromatic N) is 2. The molecule has 0 amide bonds. The molecule has 0 aliphatic carbocycles. The van der Waals surface area contributed by atoms with Crippen molar-refractivity contribution >= 4 is 21.6 Å². The Labute approximate surface area is 102 Å². The Morgan fingerprint density at radius 3 is 2.50 bits per heavy atom. The smallest absolute Gasteiger partial charge is 0.138 e. The van der Waals surface area contributed by atoms with Crippen LogP contribution in [0.25, 0.3) is 16.9 Å². The van der Waals surface area contributed by atoms with Gasteiger partial charge in [0.15, 0.2) is 0 Å². The van der Waals surface area contributed by atoms with E-state index in [0.717, 1.165) is 21.5 Å². The fourth-order valence-corrected chi connectivity index (χ4v) is 2.42. The Kier molecular flexibility index (Phi) is 2.26. The minimum Gasteiger partial charge on any atom is -0.298 e. The van der Waals surface area contributed by atoms with Crippen LogP contribution in [0.2, 0.25) is 0 Å². The van der Waals surface area contributed by atoms with E-state index >= 15 is 0 Å². The molecule has 2 aromatic heterocycles. The summed E-state index contributed by atoms with van der Waals surface area (Å²) < 4.78 is 2.96. The van der Waals surface area contributed by atoms with Crippen molar-refractivity contribution in [3.63, 3.8) is 0 Å². The first-order valence-electron chi connectivity index (χ1n) is 5.04. The van der Waals surface area contributed by atoms with Gasteiger partial charge in [-0.2, -0.15) is 0 Å². The summed E-state index contributed by atoms with van der Waals surface area (Å²) in [6, 6.07) is 16.2. The van der Waals surface area contributed by atoms with E-state index in [4.69, 9.17) is 0 Å². The molecular formula is C13H9BrN2. The van der Waals surface area contributed by atoms with Crippen LogP contribution < -0.4 is 0 Å². The van der Waals surface area contributed by atoms with Crippen LogP contribution in [0.1, 0.15) is 0 Å². The van der Waals surface area contributed by atoms with Crippen LogP contribution in [0.15, 0.2) is 59.3 Å². The molecule has 0 radical (unpaired) electrons. The summed E-state index contributed by atoms with van der Waals surface area (Å²) in [5, 5.41) is 0. The molecule has 0 fully saturated rings. The van der Waals surface area contributed by atoms with E-state index in [2.05, 4.69) is 37.4 Å². The van der Waals surface area contributed by atoms with Crippen LogP contribution in [0.4, 0.5) is 0 Å². The molecule has 1 aromatic carbocycles. The summed E-state index contributed by atoms with van der Waals surface area (Å²) in [4.78, 5) is 4.47. The second-order valence-electron chi connectivity index (χ2n) is 3.55. The maximum atomic E-state index is 4.47. The molecule has 3 aromatic rings. The van der Waals surface area contributed by atoms with E-state index in [0.29, 0.717) is 0 Å². The van der Waals surface area contributed by atoms with Gasteiger partial charge in [0.2, 0.25) is 0 Å². The monoisotopic (exact) mass is 272 g/mol. The maximum absolute atomic E-state index is 4.47. The number of hydrogen-bond acceptors (Lipinski definition) is 1. The van der Waals surface area contributed by atoms with Crippen LogP contribution in [0.3, 0.4) is 0 Å². The molecule has 0 unspecified atom stereocenters. The van der Waals surface area contributed by atoms with Crippen molar-refractivity contribution in [2.75, 3.05) is 0 Å². The van der Waals surface area contributed by atoms with Gasteiger partial charge in [-0.3, -0.25) is 4.40 Å². The molecule has 0 atom stereocenters. The number of hydrogen-bond donors (Lipinski definition) is 0. The highest BCUT2D eigenvalue weighted by atomic mass is 79.9. The SMILES string of the molecule is Brc1nc2ccccn2c1-c1ccccc1. The minimum absolute atomic E-state index is 0.880. The molecule has 0 aliphatic rings. The fourth-order valence-electron chi connectivity index (χ4n) is 1.82. The van der Waals surface area contributed by atoms with E-state index in [1.54, 1.807) is 0 Å². The van der Waals surface area contributed by atoms with Gasteiger partial charge >= 0.3 is 0 Å². The van der Waals surface area contributed by atoms with Crippen molar-refractivity contribution in [2.45, 2.75) is 0 Å². The van der Waals surface area contributed by atoms with Crippen molar-refractivity contribution in [1.29, 1.82) is 0 Å². The maximum Gasteiger partial charge on any atom is 0.138 e. The molecule has 0 saturated carbocycles. The van der Waals surface area contributed by atoms with Crippen molar-refractivity contribution in [3.8, 4) is 11.3 Å². The summed E-state index contributed by atoms with van der Waals surface area (Å²) in [5.74, 6) is 0. The highest BCUT2D eigenvalue weighted by Crippen LogP contribution is 2.28. The lowest BCUT2D eigenvalue weighted by Crippen LogP contribution is -1.86. The third kappa shape index (κ3) is 1.44. The predicted octanol–water partition coefficient (Wildman–Crippen LogP) is 3.76. The molecule has 0 saturated heterocycles. The molecule has 0 N–H and O–H groups in total. The standard InChI is InChI=1S/C13H9BrN2/c14-13-12(10-6-2-1-3-7-10)16-9-5-4-8-11(16)15-13/h1-9H. The molecule has 2 heterocycles. The number of aromatic nitrogens is 2. The number of fused-ring (bicyclic) bond motifs is 1. The average molecular weight is 273 g/mol. The Balaban J connectivity index is 2.35. The zero-order chi connectivity index (χ0) is 11.0. The molecule has 2 nitrogen and oxygen atoms in total. The molecule has 3 heteroatoms. The van der Waals surface area contributed by atoms with Gasteiger partial charge in [0.25, 0.3) is 0 Å². The van der Waals surface area contributed by atoms with Gasteiger partial charge in [-0.25, -0.2) is 4.98 Å². The highest BCUT2D eigenvalue weighted by Gasteiger charge is 2.10. The summed E-state index contributed by atoms with van der Waals surface area (Å²) in [7, 11) is 0. The molecule has 0 spiro atoms. The van der Waals surface area contributed by atoms with Crippen LogP contribution in [-0.4, -0.2) is 9.38 Å². The number of pyridine rings is 1. The third-order valence-electron chi connectivity index (χ3n) is 2.53. The van der Waals surface area contributed by atoms with Gasteiger partial charge in [-0.1, -0.05) is 36.4 Å². The summed E-state index contributed by atoms with van der Waals surface area (Å²) in [6.07, 6.45) is 2.02. The van der Waals surface area contributed by atoms with Gasteiger partial charge < -0.3 is 0 Å². The van der Waals surface area contributed by atoms with Crippen molar-refractivity contribution in [1.82, 2.24) is 9.38 Å². The molecule has 0 bridgehead atoms. The third-order valence-corrected chi connectivity index (χ3v) is 3.09. The van der Waals surface area contributed by atoms with E-state index in [1.807, 2.05) is 42.6 Å².